The number of H-pyrrole nitrogens is 1. The number of hydrogen-bond donors (Lipinski definition) is 2. The molecule has 4 rings (SSSR count). The van der Waals surface area contributed by atoms with Crippen molar-refractivity contribution in [1.29, 1.82) is 0 Å². The van der Waals surface area contributed by atoms with Crippen LogP contribution in [-0.4, -0.2) is 18.0 Å². The molecule has 0 radical (unpaired) electrons. The summed E-state index contributed by atoms with van der Waals surface area (Å²) in [5, 5.41) is 2.92. The van der Waals surface area contributed by atoms with E-state index >= 15 is 0 Å². The van der Waals surface area contributed by atoms with Gasteiger partial charge in [-0.3, -0.25) is 4.79 Å². The minimum absolute atomic E-state index is 0.0647. The van der Waals surface area contributed by atoms with Crippen LogP contribution < -0.4 is 10.1 Å². The third-order valence-corrected chi connectivity index (χ3v) is 5.19. The molecule has 0 atom stereocenters. The smallest absolute Gasteiger partial charge is 0.256 e. The Morgan fingerprint density at radius 3 is 2.83 bits per heavy atom. The normalized spacial score (nSPS) is 19.8. The van der Waals surface area contributed by atoms with Crippen molar-refractivity contribution in [3.8, 4) is 5.75 Å². The van der Waals surface area contributed by atoms with Gasteiger partial charge in [-0.25, -0.2) is 0 Å². The Kier molecular flexibility index (Phi) is 3.30. The predicted molar refractivity (Wildman–Crippen MR) is 96.3 cm³/mol. The third-order valence-electron chi connectivity index (χ3n) is 5.19. The molecule has 0 saturated heterocycles. The Bertz CT molecular complexity index is 859. The molecule has 2 aliphatic rings. The largest absolute Gasteiger partial charge is 0.497 e. The van der Waals surface area contributed by atoms with Gasteiger partial charge in [0.1, 0.15) is 5.75 Å². The molecule has 124 valence electrons. The predicted octanol–water partition coefficient (Wildman–Crippen LogP) is 4.13. The molecule has 1 aromatic carbocycles. The number of amides is 1. The average molecular weight is 322 g/mol. The van der Waals surface area contributed by atoms with E-state index < -0.39 is 0 Å². The van der Waals surface area contributed by atoms with Crippen molar-refractivity contribution in [3.63, 3.8) is 0 Å². The van der Waals surface area contributed by atoms with Crippen LogP contribution in [-0.2, 0) is 16.6 Å². The van der Waals surface area contributed by atoms with E-state index in [0.29, 0.717) is 5.57 Å². The molecule has 0 unspecified atom stereocenters. The highest BCUT2D eigenvalue weighted by Gasteiger charge is 2.30. The van der Waals surface area contributed by atoms with Gasteiger partial charge in [-0.05, 0) is 60.6 Å². The van der Waals surface area contributed by atoms with Gasteiger partial charge < -0.3 is 15.0 Å². The highest BCUT2D eigenvalue weighted by Crippen LogP contribution is 2.39. The Morgan fingerprint density at radius 2 is 2.08 bits per heavy atom. The van der Waals surface area contributed by atoms with Crippen LogP contribution in [0.4, 0.5) is 5.69 Å². The van der Waals surface area contributed by atoms with Gasteiger partial charge in [0, 0.05) is 22.6 Å². The lowest BCUT2D eigenvalue weighted by molar-refractivity contribution is -0.110. The third kappa shape index (κ3) is 2.33. The molecule has 1 aliphatic carbocycles. The summed E-state index contributed by atoms with van der Waals surface area (Å²) in [5.41, 5.74) is 6.29. The van der Waals surface area contributed by atoms with Gasteiger partial charge in [0.15, 0.2) is 0 Å². The summed E-state index contributed by atoms with van der Waals surface area (Å²) in [5.74, 6) is 0.688. The Labute approximate surface area is 141 Å². The maximum absolute atomic E-state index is 12.4. The monoisotopic (exact) mass is 322 g/mol. The number of aromatic amines is 1. The summed E-state index contributed by atoms with van der Waals surface area (Å²) in [4.78, 5) is 15.9. The molecule has 0 saturated carbocycles. The number of fused-ring (bicyclic) bond motifs is 2. The van der Waals surface area contributed by atoms with Crippen LogP contribution in [0.15, 0.2) is 24.3 Å². The number of anilines is 1. The van der Waals surface area contributed by atoms with E-state index in [2.05, 4.69) is 30.2 Å². The number of ether oxygens (including phenoxy) is 1. The van der Waals surface area contributed by atoms with E-state index in [9.17, 15) is 4.79 Å². The van der Waals surface area contributed by atoms with Crippen LogP contribution in [0.25, 0.3) is 11.6 Å². The van der Waals surface area contributed by atoms with Crippen molar-refractivity contribution < 1.29 is 9.53 Å². The summed E-state index contributed by atoms with van der Waals surface area (Å²) in [7, 11) is 1.64. The quantitative estimate of drug-likeness (QED) is 0.817. The van der Waals surface area contributed by atoms with Gasteiger partial charge in [-0.2, -0.15) is 0 Å². The van der Waals surface area contributed by atoms with Crippen LogP contribution >= 0.6 is 0 Å². The Hall–Kier alpha value is -2.49. The highest BCUT2D eigenvalue weighted by molar-refractivity contribution is 6.34. The van der Waals surface area contributed by atoms with Crippen LogP contribution in [0.3, 0.4) is 0 Å². The first kappa shape index (κ1) is 15.1. The lowest BCUT2D eigenvalue weighted by Gasteiger charge is -2.29. The first-order chi connectivity index (χ1) is 11.5. The van der Waals surface area contributed by atoms with Crippen LogP contribution in [0.1, 0.15) is 49.2 Å². The van der Waals surface area contributed by atoms with Crippen LogP contribution in [0.2, 0.25) is 0 Å². The zero-order chi connectivity index (χ0) is 16.9. The Balaban J connectivity index is 1.78. The number of hydrogen-bond acceptors (Lipinski definition) is 2. The fourth-order valence-corrected chi connectivity index (χ4v) is 3.83. The van der Waals surface area contributed by atoms with Gasteiger partial charge in [0.05, 0.1) is 12.7 Å². The van der Waals surface area contributed by atoms with Crippen molar-refractivity contribution in [1.82, 2.24) is 4.98 Å². The van der Waals surface area contributed by atoms with E-state index in [0.717, 1.165) is 29.1 Å². The van der Waals surface area contributed by atoms with E-state index in [1.54, 1.807) is 7.11 Å². The second kappa shape index (κ2) is 5.26. The fraction of sp³-hybridized carbons (Fsp3) is 0.350. The SMILES string of the molecule is COc1ccc2c(c1)C(=Cc1cc3c([nH]1)CCCC3(C)C)C(=O)N2. The Morgan fingerprint density at radius 1 is 1.25 bits per heavy atom. The molecule has 4 nitrogen and oxygen atoms in total. The van der Waals surface area contributed by atoms with Gasteiger partial charge in [-0.15, -0.1) is 0 Å². The number of carbonyl (C=O) groups is 1. The molecule has 2 heterocycles. The second-order valence-corrected chi connectivity index (χ2v) is 7.28. The number of benzene rings is 1. The molecular weight excluding hydrogens is 300 g/mol. The first-order valence-electron chi connectivity index (χ1n) is 8.42. The summed E-state index contributed by atoms with van der Waals surface area (Å²) < 4.78 is 5.29. The zero-order valence-electron chi connectivity index (χ0n) is 14.3. The van der Waals surface area contributed by atoms with E-state index in [1.807, 2.05) is 24.3 Å². The molecule has 2 aromatic rings. The van der Waals surface area contributed by atoms with Gasteiger partial charge >= 0.3 is 0 Å². The first-order valence-corrected chi connectivity index (χ1v) is 8.42. The molecule has 1 amide bonds. The number of rotatable bonds is 2. The minimum atomic E-state index is -0.0647. The summed E-state index contributed by atoms with van der Waals surface area (Å²) >= 11 is 0. The average Bonchev–Trinajstić information content (AvgIpc) is 3.09. The summed E-state index contributed by atoms with van der Waals surface area (Å²) in [6, 6.07) is 7.85. The molecular formula is C20H22N2O2. The van der Waals surface area contributed by atoms with Crippen molar-refractivity contribution in [2.24, 2.45) is 0 Å². The molecule has 4 heteroatoms. The number of nitrogens with one attached hydrogen (secondary N) is 2. The highest BCUT2D eigenvalue weighted by atomic mass is 16.5. The molecule has 2 N–H and O–H groups in total. The molecule has 0 fully saturated rings. The summed E-state index contributed by atoms with van der Waals surface area (Å²) in [6.07, 6.45) is 5.44. The number of methoxy groups -OCH3 is 1. The lowest BCUT2D eigenvalue weighted by atomic mass is 9.75. The lowest BCUT2D eigenvalue weighted by Crippen LogP contribution is -2.22. The van der Waals surface area contributed by atoms with Gasteiger partial charge in [0.2, 0.25) is 0 Å². The van der Waals surface area contributed by atoms with Crippen molar-refractivity contribution >= 4 is 23.2 Å². The molecule has 24 heavy (non-hydrogen) atoms. The zero-order valence-corrected chi connectivity index (χ0v) is 14.3. The second-order valence-electron chi connectivity index (χ2n) is 7.28. The number of aromatic nitrogens is 1. The van der Waals surface area contributed by atoms with Gasteiger partial charge in [-0.1, -0.05) is 13.8 Å². The molecule has 1 aromatic heterocycles. The van der Waals surface area contributed by atoms with E-state index in [-0.39, 0.29) is 11.3 Å². The summed E-state index contributed by atoms with van der Waals surface area (Å²) in [6.45, 7) is 4.58. The molecule has 0 spiro atoms. The van der Waals surface area contributed by atoms with Crippen molar-refractivity contribution in [3.05, 3.63) is 46.8 Å². The molecule has 0 bridgehead atoms. The number of carbonyl (C=O) groups excluding carboxylic acids is 1. The maximum Gasteiger partial charge on any atom is 0.256 e. The van der Waals surface area contributed by atoms with E-state index in [4.69, 9.17) is 4.74 Å². The number of aryl methyl sites for hydroxylation is 1. The topological polar surface area (TPSA) is 54.1 Å². The standard InChI is InChI=1S/C20H22N2O2/c1-20(2)8-4-5-18-16(20)10-12(21-18)9-15-14-11-13(24-3)6-7-17(14)22-19(15)23/h6-7,9-11,21H,4-5,8H2,1-3H3,(H,22,23). The van der Waals surface area contributed by atoms with E-state index in [1.165, 1.54) is 24.1 Å². The van der Waals surface area contributed by atoms with Crippen molar-refractivity contribution in [2.75, 3.05) is 12.4 Å². The van der Waals surface area contributed by atoms with Crippen molar-refractivity contribution in [2.45, 2.75) is 38.5 Å². The minimum Gasteiger partial charge on any atom is -0.497 e. The maximum atomic E-state index is 12.4. The fourth-order valence-electron chi connectivity index (χ4n) is 3.83. The molecule has 1 aliphatic heterocycles. The van der Waals surface area contributed by atoms with Gasteiger partial charge in [0.25, 0.3) is 5.91 Å². The van der Waals surface area contributed by atoms with Crippen LogP contribution in [0.5, 0.6) is 5.75 Å². The van der Waals surface area contributed by atoms with Crippen LogP contribution in [0, 0.1) is 0 Å².